The molecule has 7 heteroatoms. The Bertz CT molecular complexity index is 450. The lowest BCUT2D eigenvalue weighted by molar-refractivity contribution is -0.122. The topological polar surface area (TPSA) is 54.0 Å². The maximum atomic E-state index is 12.0. The molecule has 1 saturated heterocycles. The third kappa shape index (κ3) is 7.84. The van der Waals surface area contributed by atoms with Crippen LogP contribution in [0.4, 0.5) is 0 Å². The molecule has 1 unspecified atom stereocenters. The van der Waals surface area contributed by atoms with E-state index in [-0.39, 0.29) is 30.7 Å². The van der Waals surface area contributed by atoms with Crippen LogP contribution in [-0.4, -0.2) is 30.5 Å². The summed E-state index contributed by atoms with van der Waals surface area (Å²) in [6, 6.07) is 0. The fourth-order valence-corrected chi connectivity index (χ4v) is 3.68. The van der Waals surface area contributed by atoms with E-state index in [0.29, 0.717) is 24.8 Å². The molecule has 1 amide bonds. The molecule has 2 rings (SSSR count). The molecular formula is C16H29Cl2N3OS. The molecule has 0 radical (unpaired) electrons. The second kappa shape index (κ2) is 12.1. The summed E-state index contributed by atoms with van der Waals surface area (Å²) in [7, 11) is 0. The Morgan fingerprint density at radius 1 is 1.43 bits per heavy atom. The molecule has 1 aromatic rings. The van der Waals surface area contributed by atoms with Gasteiger partial charge in [-0.2, -0.15) is 0 Å². The van der Waals surface area contributed by atoms with E-state index < -0.39 is 0 Å². The van der Waals surface area contributed by atoms with Crippen LogP contribution in [0.2, 0.25) is 0 Å². The van der Waals surface area contributed by atoms with Crippen molar-refractivity contribution in [3.63, 3.8) is 0 Å². The highest BCUT2D eigenvalue weighted by molar-refractivity contribution is 7.09. The predicted octanol–water partition coefficient (Wildman–Crippen LogP) is 3.23. The molecule has 134 valence electrons. The van der Waals surface area contributed by atoms with Crippen LogP contribution in [-0.2, 0) is 17.6 Å². The van der Waals surface area contributed by atoms with E-state index in [4.69, 9.17) is 0 Å². The Balaban J connectivity index is 0.00000242. The van der Waals surface area contributed by atoms with Gasteiger partial charge in [-0.3, -0.25) is 4.79 Å². The first kappa shape index (κ1) is 22.6. The van der Waals surface area contributed by atoms with Crippen LogP contribution >= 0.6 is 36.2 Å². The smallest absolute Gasteiger partial charge is 0.220 e. The van der Waals surface area contributed by atoms with E-state index in [1.807, 2.05) is 0 Å². The number of hydrogen-bond donors (Lipinski definition) is 2. The summed E-state index contributed by atoms with van der Waals surface area (Å²) in [6.45, 7) is 7.22. The molecule has 1 atom stereocenters. The first-order valence-corrected chi connectivity index (χ1v) is 8.97. The van der Waals surface area contributed by atoms with Gasteiger partial charge in [-0.15, -0.1) is 36.2 Å². The number of thiazole rings is 1. The van der Waals surface area contributed by atoms with Gasteiger partial charge >= 0.3 is 0 Å². The lowest BCUT2D eigenvalue weighted by Crippen LogP contribution is -2.34. The summed E-state index contributed by atoms with van der Waals surface area (Å²) in [4.78, 5) is 16.5. The lowest BCUT2D eigenvalue weighted by Gasteiger charge is -2.27. The third-order valence-corrected chi connectivity index (χ3v) is 5.34. The van der Waals surface area contributed by atoms with Crippen LogP contribution in [0.3, 0.4) is 0 Å². The third-order valence-electron chi connectivity index (χ3n) is 4.30. The quantitative estimate of drug-likeness (QED) is 0.761. The molecule has 1 fully saturated rings. The van der Waals surface area contributed by atoms with Gasteiger partial charge < -0.3 is 10.6 Å². The van der Waals surface area contributed by atoms with E-state index in [1.54, 1.807) is 11.3 Å². The number of aromatic nitrogens is 1. The van der Waals surface area contributed by atoms with Gasteiger partial charge in [0.2, 0.25) is 5.91 Å². The summed E-state index contributed by atoms with van der Waals surface area (Å²) in [6.07, 6.45) is 4.89. The zero-order valence-electron chi connectivity index (χ0n) is 14.0. The average Bonchev–Trinajstić information content (AvgIpc) is 2.96. The molecule has 23 heavy (non-hydrogen) atoms. The molecule has 1 aliphatic rings. The fraction of sp³-hybridized carbons (Fsp3) is 0.750. The van der Waals surface area contributed by atoms with Crippen molar-refractivity contribution in [2.75, 3.05) is 19.6 Å². The second-order valence-electron chi connectivity index (χ2n) is 5.95. The minimum atomic E-state index is 0. The van der Waals surface area contributed by atoms with Gasteiger partial charge in [-0.1, -0.05) is 13.8 Å². The van der Waals surface area contributed by atoms with Crippen molar-refractivity contribution in [2.24, 2.45) is 11.8 Å². The molecule has 2 heterocycles. The minimum absolute atomic E-state index is 0. The summed E-state index contributed by atoms with van der Waals surface area (Å²) in [5.74, 6) is 1.37. The number of aryl methyl sites for hydroxylation is 1. The van der Waals surface area contributed by atoms with Gasteiger partial charge in [0.25, 0.3) is 0 Å². The molecule has 0 saturated carbocycles. The first-order chi connectivity index (χ1) is 10.2. The molecule has 4 nitrogen and oxygen atoms in total. The Morgan fingerprint density at radius 3 is 2.74 bits per heavy atom. The number of piperidine rings is 1. The number of carbonyl (C=O) groups excluding carboxylic acids is 1. The van der Waals surface area contributed by atoms with Crippen LogP contribution in [0.25, 0.3) is 0 Å². The maximum Gasteiger partial charge on any atom is 0.220 e. The van der Waals surface area contributed by atoms with Crippen molar-refractivity contribution in [3.05, 3.63) is 16.1 Å². The van der Waals surface area contributed by atoms with E-state index in [9.17, 15) is 4.79 Å². The Morgan fingerprint density at radius 2 is 2.13 bits per heavy atom. The zero-order chi connectivity index (χ0) is 15.1. The number of hydrogen-bond acceptors (Lipinski definition) is 4. The summed E-state index contributed by atoms with van der Waals surface area (Å²) < 4.78 is 0. The van der Waals surface area contributed by atoms with Crippen LogP contribution in [0, 0.1) is 11.8 Å². The molecule has 1 aliphatic heterocycles. The number of amides is 1. The van der Waals surface area contributed by atoms with Crippen LogP contribution in [0.15, 0.2) is 5.38 Å². The molecule has 0 bridgehead atoms. The number of nitrogens with one attached hydrogen (secondary N) is 2. The predicted molar refractivity (Wildman–Crippen MR) is 102 cm³/mol. The maximum absolute atomic E-state index is 12.0. The highest BCUT2D eigenvalue weighted by atomic mass is 35.5. The number of halogens is 2. The van der Waals surface area contributed by atoms with Gasteiger partial charge in [0, 0.05) is 24.8 Å². The summed E-state index contributed by atoms with van der Waals surface area (Å²) in [5.41, 5.74) is 1.10. The van der Waals surface area contributed by atoms with Crippen molar-refractivity contribution in [1.29, 1.82) is 0 Å². The highest BCUT2D eigenvalue weighted by Gasteiger charge is 2.21. The Kier molecular flexibility index (Phi) is 11.9. The van der Waals surface area contributed by atoms with Crippen molar-refractivity contribution in [1.82, 2.24) is 15.6 Å². The van der Waals surface area contributed by atoms with Gasteiger partial charge in [-0.05, 0) is 44.2 Å². The van der Waals surface area contributed by atoms with Crippen molar-refractivity contribution < 1.29 is 4.79 Å². The fourth-order valence-electron chi connectivity index (χ4n) is 2.90. The first-order valence-electron chi connectivity index (χ1n) is 8.09. The minimum Gasteiger partial charge on any atom is -0.356 e. The monoisotopic (exact) mass is 381 g/mol. The average molecular weight is 382 g/mol. The van der Waals surface area contributed by atoms with E-state index in [0.717, 1.165) is 31.6 Å². The standard InChI is InChI=1S/C16H27N3OS.2ClH/c1-3-16-19-14(11-21-16)6-9-18-15(20)10-12(2)13-4-7-17-8-5-13;;/h11-13,17H,3-10H2,1-2H3,(H,18,20);2*1H. The van der Waals surface area contributed by atoms with E-state index >= 15 is 0 Å². The normalized spacial score (nSPS) is 16.1. The Hall–Kier alpha value is -0.360. The molecule has 0 spiro atoms. The second-order valence-corrected chi connectivity index (χ2v) is 6.90. The molecule has 1 aromatic heterocycles. The molecule has 2 N–H and O–H groups in total. The van der Waals surface area contributed by atoms with Crippen LogP contribution < -0.4 is 10.6 Å². The SMILES string of the molecule is CCc1nc(CCNC(=O)CC(C)C2CCNCC2)cs1.Cl.Cl. The van der Waals surface area contributed by atoms with Crippen LogP contribution in [0.5, 0.6) is 0 Å². The van der Waals surface area contributed by atoms with Crippen molar-refractivity contribution in [3.8, 4) is 0 Å². The number of carbonyl (C=O) groups is 1. The Labute approximate surface area is 156 Å². The van der Waals surface area contributed by atoms with E-state index in [2.05, 4.69) is 34.8 Å². The van der Waals surface area contributed by atoms with Gasteiger partial charge in [0.15, 0.2) is 0 Å². The number of rotatable bonds is 7. The van der Waals surface area contributed by atoms with Gasteiger partial charge in [0.1, 0.15) is 0 Å². The number of nitrogens with zero attached hydrogens (tertiary/aromatic N) is 1. The van der Waals surface area contributed by atoms with Gasteiger partial charge in [0.05, 0.1) is 10.7 Å². The summed E-state index contributed by atoms with van der Waals surface area (Å²) in [5, 5.41) is 9.69. The zero-order valence-corrected chi connectivity index (χ0v) is 16.4. The molecule has 0 aliphatic carbocycles. The molecular weight excluding hydrogens is 353 g/mol. The van der Waals surface area contributed by atoms with Gasteiger partial charge in [-0.25, -0.2) is 4.98 Å². The van der Waals surface area contributed by atoms with E-state index in [1.165, 1.54) is 17.8 Å². The molecule has 0 aromatic carbocycles. The largest absolute Gasteiger partial charge is 0.356 e. The van der Waals surface area contributed by atoms with Crippen molar-refractivity contribution >= 4 is 42.1 Å². The highest BCUT2D eigenvalue weighted by Crippen LogP contribution is 2.24. The lowest BCUT2D eigenvalue weighted by atomic mass is 9.84. The van der Waals surface area contributed by atoms with Crippen molar-refractivity contribution in [2.45, 2.75) is 46.0 Å². The summed E-state index contributed by atoms with van der Waals surface area (Å²) >= 11 is 1.71. The van der Waals surface area contributed by atoms with Crippen LogP contribution in [0.1, 0.15) is 43.8 Å².